The molecule has 0 saturated carbocycles. The molecule has 0 spiro atoms. The maximum Gasteiger partial charge on any atom is 0.534 e. The number of esters is 1. The van der Waals surface area contributed by atoms with Gasteiger partial charge in [-0.3, -0.25) is 4.98 Å². The summed E-state index contributed by atoms with van der Waals surface area (Å²) in [6.45, 7) is 4.47. The number of carbonyl (C=O) groups excluding carboxylic acids is 1. The summed E-state index contributed by atoms with van der Waals surface area (Å²) < 4.78 is 80.1. The van der Waals surface area contributed by atoms with E-state index in [2.05, 4.69) is 19.1 Å². The van der Waals surface area contributed by atoms with Crippen molar-refractivity contribution in [2.75, 3.05) is 0 Å². The number of aromatic nitrogens is 3. The molecule has 0 aliphatic rings. The second kappa shape index (κ2) is 14.4. The molecule has 0 amide bonds. The van der Waals surface area contributed by atoms with Gasteiger partial charge in [-0.05, 0) is 55.5 Å². The van der Waals surface area contributed by atoms with Crippen molar-refractivity contribution in [3.05, 3.63) is 137 Å². The summed E-state index contributed by atoms with van der Waals surface area (Å²) in [6.07, 6.45) is 2.44. The molecule has 0 radical (unpaired) electrons. The molecular weight excluding hydrogens is 659 g/mol. The van der Waals surface area contributed by atoms with Gasteiger partial charge >= 0.3 is 21.6 Å². The Bertz CT molecular complexity index is 2000. The van der Waals surface area contributed by atoms with Crippen LogP contribution in [-0.2, 0) is 34.3 Å². The minimum Gasteiger partial charge on any atom is -0.481 e. The highest BCUT2D eigenvalue weighted by atomic mass is 32.2. The molecule has 5 aromatic rings. The lowest BCUT2D eigenvalue weighted by Gasteiger charge is -2.21. The summed E-state index contributed by atoms with van der Waals surface area (Å²) in [5.41, 5.74) is -2.53. The number of hydrogen-bond acceptors (Lipinski definition) is 9. The highest BCUT2D eigenvalue weighted by Crippen LogP contribution is 2.35. The van der Waals surface area contributed by atoms with E-state index in [-0.39, 0.29) is 18.9 Å². The highest BCUT2D eigenvalue weighted by molar-refractivity contribution is 7.88. The number of benzene rings is 3. The summed E-state index contributed by atoms with van der Waals surface area (Å²) in [5.74, 6) is -3.11. The lowest BCUT2D eigenvalue weighted by molar-refractivity contribution is -0.0502. The topological polar surface area (TPSA) is 118 Å². The summed E-state index contributed by atoms with van der Waals surface area (Å²) in [5, 5.41) is 0. The Morgan fingerprint density at radius 3 is 1.90 bits per heavy atom. The molecule has 49 heavy (non-hydrogen) atoms. The lowest BCUT2D eigenvalue weighted by Crippen LogP contribution is -2.29. The van der Waals surface area contributed by atoms with E-state index in [1.165, 1.54) is 5.56 Å². The third-order valence-electron chi connectivity index (χ3n) is 6.86. The predicted octanol–water partition coefficient (Wildman–Crippen LogP) is 7.48. The Morgan fingerprint density at radius 2 is 1.33 bits per heavy atom. The SMILES string of the molecule is CC(C)(C)OC(=O)c1nc(Cc2ccc(-c3ccc(Cc4ccccc4)cn3)cc2)nc(OS(=O)(=O)C(F)(F)F)c1OCc1ccccc1. The van der Waals surface area contributed by atoms with Crippen molar-refractivity contribution in [1.82, 2.24) is 15.0 Å². The Labute approximate surface area is 281 Å². The zero-order chi connectivity index (χ0) is 35.2. The number of alkyl halides is 3. The van der Waals surface area contributed by atoms with Gasteiger partial charge in [0.2, 0.25) is 5.75 Å². The van der Waals surface area contributed by atoms with E-state index in [0.717, 1.165) is 23.2 Å². The molecule has 9 nitrogen and oxygen atoms in total. The zero-order valence-electron chi connectivity index (χ0n) is 26.8. The van der Waals surface area contributed by atoms with Gasteiger partial charge in [-0.25, -0.2) is 9.78 Å². The molecule has 254 valence electrons. The fourth-order valence-electron chi connectivity index (χ4n) is 4.59. The maximum absolute atomic E-state index is 13.4. The summed E-state index contributed by atoms with van der Waals surface area (Å²) in [7, 11) is -6.21. The van der Waals surface area contributed by atoms with Crippen LogP contribution >= 0.6 is 0 Å². The fraction of sp³-hybridized carbons (Fsp3) is 0.222. The van der Waals surface area contributed by atoms with Crippen molar-refractivity contribution in [3.8, 4) is 22.9 Å². The van der Waals surface area contributed by atoms with E-state index >= 15 is 0 Å². The minimum absolute atomic E-state index is 0.110. The van der Waals surface area contributed by atoms with Crippen molar-refractivity contribution >= 4 is 16.1 Å². The van der Waals surface area contributed by atoms with Crippen molar-refractivity contribution in [2.24, 2.45) is 0 Å². The molecule has 2 aromatic heterocycles. The molecule has 0 atom stereocenters. The molecule has 5 rings (SSSR count). The average Bonchev–Trinajstić information content (AvgIpc) is 3.04. The molecule has 0 aliphatic heterocycles. The summed E-state index contributed by atoms with van der Waals surface area (Å²) in [6, 6.07) is 29.4. The Morgan fingerprint density at radius 1 is 0.735 bits per heavy atom. The van der Waals surface area contributed by atoms with Crippen molar-refractivity contribution in [2.45, 2.75) is 51.3 Å². The van der Waals surface area contributed by atoms with E-state index in [4.69, 9.17) is 9.47 Å². The molecule has 0 saturated heterocycles. The first-order valence-corrected chi connectivity index (χ1v) is 16.5. The van der Waals surface area contributed by atoms with Gasteiger partial charge in [-0.1, -0.05) is 91.0 Å². The van der Waals surface area contributed by atoms with Gasteiger partial charge < -0.3 is 13.7 Å². The largest absolute Gasteiger partial charge is 0.534 e. The highest BCUT2D eigenvalue weighted by Gasteiger charge is 2.49. The van der Waals surface area contributed by atoms with Gasteiger partial charge in [0.25, 0.3) is 5.88 Å². The van der Waals surface area contributed by atoms with Gasteiger partial charge in [0.15, 0.2) is 5.69 Å². The third-order valence-corrected chi connectivity index (χ3v) is 7.80. The number of rotatable bonds is 11. The normalized spacial score (nSPS) is 12.0. The van der Waals surface area contributed by atoms with Crippen LogP contribution in [0.5, 0.6) is 11.6 Å². The van der Waals surface area contributed by atoms with E-state index < -0.39 is 44.5 Å². The first kappa shape index (κ1) is 35.0. The smallest absolute Gasteiger partial charge is 0.481 e. The molecule has 13 heteroatoms. The lowest BCUT2D eigenvalue weighted by atomic mass is 10.0. The molecule has 0 bridgehead atoms. The summed E-state index contributed by atoms with van der Waals surface area (Å²) in [4.78, 5) is 26.1. The molecular formula is C36H32F3N3O6S. The first-order valence-electron chi connectivity index (χ1n) is 15.1. The molecule has 0 unspecified atom stereocenters. The van der Waals surface area contributed by atoms with Crippen LogP contribution in [0.4, 0.5) is 13.2 Å². The zero-order valence-corrected chi connectivity index (χ0v) is 27.6. The number of halogens is 3. The minimum atomic E-state index is -6.21. The third kappa shape index (κ3) is 9.41. The van der Waals surface area contributed by atoms with Crippen molar-refractivity contribution < 1.29 is 40.0 Å². The van der Waals surface area contributed by atoms with Crippen LogP contribution in [0.25, 0.3) is 11.3 Å². The van der Waals surface area contributed by atoms with E-state index in [9.17, 15) is 26.4 Å². The average molecular weight is 692 g/mol. The van der Waals surface area contributed by atoms with Crippen LogP contribution in [-0.4, -0.2) is 40.4 Å². The second-order valence-electron chi connectivity index (χ2n) is 12.0. The van der Waals surface area contributed by atoms with Gasteiger partial charge in [0, 0.05) is 18.2 Å². The van der Waals surface area contributed by atoms with Crippen LogP contribution < -0.4 is 8.92 Å². The maximum atomic E-state index is 13.4. The molecule has 3 aromatic carbocycles. The van der Waals surface area contributed by atoms with Crippen LogP contribution in [0.15, 0.2) is 103 Å². The van der Waals surface area contributed by atoms with Gasteiger partial charge in [-0.15, -0.1) is 0 Å². The van der Waals surface area contributed by atoms with E-state index in [0.29, 0.717) is 11.1 Å². The Hall–Kier alpha value is -5.30. The number of carbonyl (C=O) groups is 1. The summed E-state index contributed by atoms with van der Waals surface area (Å²) >= 11 is 0. The standard InChI is InChI=1S/C36H32F3N3O6S/c1-35(2,3)47-34(43)31-32(46-23-26-12-8-5-9-13-26)33(48-49(44,45)36(37,38)39)42-30(41-31)21-25-14-17-28(18-15-25)29-19-16-27(22-40-29)20-24-10-6-4-7-11-24/h4-19,22H,20-21,23H2,1-3H3. The molecule has 0 N–H and O–H groups in total. The number of ether oxygens (including phenoxy) is 2. The van der Waals surface area contributed by atoms with Crippen LogP contribution in [0.1, 0.15) is 59.3 Å². The second-order valence-corrected chi connectivity index (χ2v) is 13.5. The molecule has 2 heterocycles. The number of nitrogens with zero attached hydrogens (tertiary/aromatic N) is 3. The van der Waals surface area contributed by atoms with Gasteiger partial charge in [-0.2, -0.15) is 26.6 Å². The quantitative estimate of drug-likeness (QED) is 0.0789. The molecule has 0 aliphatic carbocycles. The van der Waals surface area contributed by atoms with Gasteiger partial charge in [0.05, 0.1) is 5.69 Å². The Balaban J connectivity index is 1.46. The van der Waals surface area contributed by atoms with Crippen molar-refractivity contribution in [3.63, 3.8) is 0 Å². The van der Waals surface area contributed by atoms with E-state index in [1.807, 2.05) is 42.5 Å². The number of hydrogen-bond donors (Lipinski definition) is 0. The number of pyridine rings is 1. The molecule has 0 fully saturated rings. The first-order chi connectivity index (χ1) is 23.2. The van der Waals surface area contributed by atoms with Crippen molar-refractivity contribution in [1.29, 1.82) is 0 Å². The Kier molecular flexibility index (Phi) is 10.3. The predicted molar refractivity (Wildman–Crippen MR) is 175 cm³/mol. The monoisotopic (exact) mass is 691 g/mol. The fourth-order valence-corrected chi connectivity index (χ4v) is 5.01. The van der Waals surface area contributed by atoms with Crippen LogP contribution in [0, 0.1) is 0 Å². The van der Waals surface area contributed by atoms with Crippen LogP contribution in [0.3, 0.4) is 0 Å². The van der Waals surface area contributed by atoms with Gasteiger partial charge in [0.1, 0.15) is 18.0 Å². The van der Waals surface area contributed by atoms with Crippen LogP contribution in [0.2, 0.25) is 0 Å². The van der Waals surface area contributed by atoms with E-state index in [1.54, 1.807) is 81.6 Å².